The summed E-state index contributed by atoms with van der Waals surface area (Å²) in [5.41, 5.74) is 1.34. The quantitative estimate of drug-likeness (QED) is 0.645. The standard InChI is InChI=1S/C22H26N8O/c31-22(27-19-6-8-28(9-7-19)11-17-4-2-1-3-5-17)18-12-29(13-18)20-10-21(25-15-24-20)30-16-23-14-26-30/h1-5,10,14-16,18-19H,6-9,11-13H2,(H,27,31). The maximum absolute atomic E-state index is 12.7. The van der Waals surface area contributed by atoms with Crippen LogP contribution in [-0.2, 0) is 11.3 Å². The van der Waals surface area contributed by atoms with Gasteiger partial charge in [0.2, 0.25) is 5.91 Å². The van der Waals surface area contributed by atoms with Crippen LogP contribution in [-0.4, -0.2) is 67.8 Å². The van der Waals surface area contributed by atoms with Gasteiger partial charge in [-0.05, 0) is 18.4 Å². The third-order valence-corrected chi connectivity index (χ3v) is 6.05. The Morgan fingerprint density at radius 1 is 1.03 bits per heavy atom. The number of hydrogen-bond acceptors (Lipinski definition) is 7. The number of carbonyl (C=O) groups is 1. The highest BCUT2D eigenvalue weighted by molar-refractivity contribution is 5.82. The van der Waals surface area contributed by atoms with Crippen LogP contribution in [0.1, 0.15) is 18.4 Å². The lowest BCUT2D eigenvalue weighted by Gasteiger charge is -2.40. The molecule has 0 spiro atoms. The minimum Gasteiger partial charge on any atom is -0.355 e. The molecule has 9 heteroatoms. The summed E-state index contributed by atoms with van der Waals surface area (Å²) >= 11 is 0. The summed E-state index contributed by atoms with van der Waals surface area (Å²) in [6.45, 7) is 4.36. The first-order chi connectivity index (χ1) is 15.2. The average Bonchev–Trinajstić information content (AvgIpc) is 3.30. The first-order valence-corrected chi connectivity index (χ1v) is 10.7. The molecule has 0 aliphatic carbocycles. The van der Waals surface area contributed by atoms with E-state index in [4.69, 9.17) is 0 Å². The maximum Gasteiger partial charge on any atom is 0.226 e. The van der Waals surface area contributed by atoms with Gasteiger partial charge in [0.25, 0.3) is 0 Å². The number of nitrogens with one attached hydrogen (secondary N) is 1. The average molecular weight is 419 g/mol. The van der Waals surface area contributed by atoms with E-state index in [2.05, 4.69) is 59.4 Å². The SMILES string of the molecule is O=C(NC1CCN(Cc2ccccc2)CC1)C1CN(c2cc(-n3cncn3)ncn2)C1. The van der Waals surface area contributed by atoms with E-state index in [-0.39, 0.29) is 17.9 Å². The van der Waals surface area contributed by atoms with Crippen molar-refractivity contribution in [2.75, 3.05) is 31.1 Å². The largest absolute Gasteiger partial charge is 0.355 e. The number of nitrogens with zero attached hydrogens (tertiary/aromatic N) is 7. The van der Waals surface area contributed by atoms with Crippen molar-refractivity contribution in [3.63, 3.8) is 0 Å². The Balaban J connectivity index is 1.07. The number of hydrogen-bond donors (Lipinski definition) is 1. The summed E-state index contributed by atoms with van der Waals surface area (Å²) < 4.78 is 1.60. The normalized spacial score (nSPS) is 18.0. The Morgan fingerprint density at radius 3 is 2.55 bits per heavy atom. The molecule has 0 saturated carbocycles. The summed E-state index contributed by atoms with van der Waals surface area (Å²) in [5.74, 6) is 1.63. The lowest BCUT2D eigenvalue weighted by molar-refractivity contribution is -0.126. The van der Waals surface area contributed by atoms with Crippen molar-refractivity contribution >= 4 is 11.7 Å². The molecular formula is C22H26N8O. The van der Waals surface area contributed by atoms with Crippen LogP contribution in [0, 0.1) is 5.92 Å². The Morgan fingerprint density at radius 2 is 1.81 bits per heavy atom. The lowest BCUT2D eigenvalue weighted by atomic mass is 9.97. The van der Waals surface area contributed by atoms with Gasteiger partial charge in [-0.2, -0.15) is 5.10 Å². The first-order valence-electron chi connectivity index (χ1n) is 10.7. The smallest absolute Gasteiger partial charge is 0.226 e. The molecular weight excluding hydrogens is 392 g/mol. The summed E-state index contributed by atoms with van der Waals surface area (Å²) in [6, 6.07) is 12.7. The minimum absolute atomic E-state index is 0.00661. The summed E-state index contributed by atoms with van der Waals surface area (Å²) in [5, 5.41) is 7.36. The van der Waals surface area contributed by atoms with Gasteiger partial charge in [0.05, 0.1) is 5.92 Å². The lowest BCUT2D eigenvalue weighted by Crippen LogP contribution is -2.56. The molecule has 3 aromatic rings. The molecule has 0 bridgehead atoms. The van der Waals surface area contributed by atoms with Gasteiger partial charge < -0.3 is 10.2 Å². The molecule has 2 aliphatic heterocycles. The molecule has 1 amide bonds. The minimum atomic E-state index is 0.00661. The fourth-order valence-corrected chi connectivity index (χ4v) is 4.19. The summed E-state index contributed by atoms with van der Waals surface area (Å²) in [4.78, 5) is 29.8. The second kappa shape index (κ2) is 8.81. The van der Waals surface area contributed by atoms with Crippen molar-refractivity contribution in [3.8, 4) is 5.82 Å². The van der Waals surface area contributed by atoms with E-state index in [1.807, 2.05) is 12.1 Å². The Bertz CT molecular complexity index is 995. The molecule has 2 saturated heterocycles. The van der Waals surface area contributed by atoms with Crippen molar-refractivity contribution in [2.24, 2.45) is 5.92 Å². The highest BCUT2D eigenvalue weighted by atomic mass is 16.2. The number of piperidine rings is 1. The first kappa shape index (κ1) is 19.6. The van der Waals surface area contributed by atoms with Gasteiger partial charge in [-0.3, -0.25) is 9.69 Å². The van der Waals surface area contributed by atoms with Crippen LogP contribution in [0.3, 0.4) is 0 Å². The molecule has 9 nitrogen and oxygen atoms in total. The van der Waals surface area contributed by atoms with Crippen LogP contribution >= 0.6 is 0 Å². The molecule has 0 atom stereocenters. The van der Waals surface area contributed by atoms with Crippen LogP contribution in [0.5, 0.6) is 0 Å². The zero-order valence-electron chi connectivity index (χ0n) is 17.3. The van der Waals surface area contributed by atoms with Crippen molar-refractivity contribution in [1.82, 2.24) is 34.9 Å². The van der Waals surface area contributed by atoms with Crippen molar-refractivity contribution in [3.05, 3.63) is 60.9 Å². The number of amides is 1. The monoisotopic (exact) mass is 418 g/mol. The Hall–Kier alpha value is -3.33. The molecule has 31 heavy (non-hydrogen) atoms. The van der Waals surface area contributed by atoms with Gasteiger partial charge in [0.15, 0.2) is 5.82 Å². The number of likely N-dealkylation sites (tertiary alicyclic amines) is 1. The van der Waals surface area contributed by atoms with Gasteiger partial charge in [-0.15, -0.1) is 0 Å². The second-order valence-corrected chi connectivity index (χ2v) is 8.22. The number of benzene rings is 1. The second-order valence-electron chi connectivity index (χ2n) is 8.22. The molecule has 5 rings (SSSR count). The molecule has 0 unspecified atom stereocenters. The van der Waals surface area contributed by atoms with Crippen LogP contribution < -0.4 is 10.2 Å². The molecule has 160 valence electrons. The molecule has 4 heterocycles. The molecule has 0 radical (unpaired) electrons. The summed E-state index contributed by atoms with van der Waals surface area (Å²) in [7, 11) is 0. The third kappa shape index (κ3) is 4.56. The Labute approximate surface area is 181 Å². The van der Waals surface area contributed by atoms with E-state index in [0.29, 0.717) is 18.9 Å². The number of aromatic nitrogens is 5. The predicted octanol–water partition coefficient (Wildman–Crippen LogP) is 1.27. The number of anilines is 1. The zero-order valence-corrected chi connectivity index (χ0v) is 17.3. The Kier molecular flexibility index (Phi) is 5.57. The van der Waals surface area contributed by atoms with E-state index < -0.39 is 0 Å². The topological polar surface area (TPSA) is 92.1 Å². The maximum atomic E-state index is 12.7. The van der Waals surface area contributed by atoms with Crippen molar-refractivity contribution < 1.29 is 4.79 Å². The van der Waals surface area contributed by atoms with Gasteiger partial charge in [0.1, 0.15) is 24.8 Å². The van der Waals surface area contributed by atoms with E-state index in [9.17, 15) is 4.79 Å². The predicted molar refractivity (Wildman–Crippen MR) is 116 cm³/mol. The zero-order chi connectivity index (χ0) is 21.0. The van der Waals surface area contributed by atoms with Crippen LogP contribution in [0.25, 0.3) is 5.82 Å². The van der Waals surface area contributed by atoms with E-state index in [0.717, 1.165) is 38.3 Å². The summed E-state index contributed by atoms with van der Waals surface area (Å²) in [6.07, 6.45) is 6.59. The fraction of sp³-hybridized carbons (Fsp3) is 0.409. The third-order valence-electron chi connectivity index (χ3n) is 6.05. The fourth-order valence-electron chi connectivity index (χ4n) is 4.19. The molecule has 2 aliphatic rings. The molecule has 1 aromatic carbocycles. The van der Waals surface area contributed by atoms with E-state index in [1.54, 1.807) is 11.0 Å². The number of carbonyl (C=O) groups excluding carboxylic acids is 1. The van der Waals surface area contributed by atoms with Gasteiger partial charge in [-0.1, -0.05) is 30.3 Å². The van der Waals surface area contributed by atoms with Crippen LogP contribution in [0.2, 0.25) is 0 Å². The van der Waals surface area contributed by atoms with Gasteiger partial charge >= 0.3 is 0 Å². The number of rotatable bonds is 6. The molecule has 1 N–H and O–H groups in total. The van der Waals surface area contributed by atoms with Crippen LogP contribution in [0.15, 0.2) is 55.4 Å². The van der Waals surface area contributed by atoms with E-state index >= 15 is 0 Å². The van der Waals surface area contributed by atoms with Gasteiger partial charge in [-0.25, -0.2) is 19.6 Å². The van der Waals surface area contributed by atoms with Gasteiger partial charge in [0, 0.05) is 44.8 Å². The van der Waals surface area contributed by atoms with Crippen molar-refractivity contribution in [2.45, 2.75) is 25.4 Å². The van der Waals surface area contributed by atoms with Crippen molar-refractivity contribution in [1.29, 1.82) is 0 Å². The van der Waals surface area contributed by atoms with E-state index in [1.165, 1.54) is 18.2 Å². The molecule has 2 aromatic heterocycles. The van der Waals surface area contributed by atoms with Crippen LogP contribution in [0.4, 0.5) is 5.82 Å². The highest BCUT2D eigenvalue weighted by Gasteiger charge is 2.35. The highest BCUT2D eigenvalue weighted by Crippen LogP contribution is 2.24. The molecule has 2 fully saturated rings.